The molecule has 0 aromatic heterocycles. The van der Waals surface area contributed by atoms with Crippen molar-refractivity contribution in [2.24, 2.45) is 11.3 Å². The van der Waals surface area contributed by atoms with Crippen LogP contribution in [0.4, 0.5) is 14.9 Å². The summed E-state index contributed by atoms with van der Waals surface area (Å²) in [6.07, 6.45) is 5.90. The van der Waals surface area contributed by atoms with Gasteiger partial charge in [-0.25, -0.2) is 9.18 Å². The molecule has 3 fully saturated rings. The molecule has 38 heavy (non-hydrogen) atoms. The van der Waals surface area contributed by atoms with E-state index in [0.29, 0.717) is 18.9 Å². The first kappa shape index (κ1) is 28.3. The number of piperidine rings is 1. The van der Waals surface area contributed by atoms with Crippen molar-refractivity contribution < 1.29 is 28.2 Å². The molecule has 9 heteroatoms. The molecule has 4 rings (SSSR count). The molecule has 1 saturated carbocycles. The number of carbonyl (C=O) groups is 3. The van der Waals surface area contributed by atoms with Crippen molar-refractivity contribution in [3.63, 3.8) is 0 Å². The van der Waals surface area contributed by atoms with Crippen LogP contribution in [0.15, 0.2) is 18.2 Å². The smallest absolute Gasteiger partial charge is 0.410 e. The molecular formula is C29H42FN3O5. The molecule has 210 valence electrons. The Morgan fingerprint density at radius 3 is 2.55 bits per heavy atom. The molecule has 3 aliphatic rings. The summed E-state index contributed by atoms with van der Waals surface area (Å²) < 4.78 is 25.8. The minimum absolute atomic E-state index is 0.0442. The van der Waals surface area contributed by atoms with Gasteiger partial charge >= 0.3 is 6.09 Å². The van der Waals surface area contributed by atoms with Crippen LogP contribution < -0.4 is 5.32 Å². The van der Waals surface area contributed by atoms with Crippen molar-refractivity contribution in [1.29, 1.82) is 0 Å². The van der Waals surface area contributed by atoms with Gasteiger partial charge in [-0.2, -0.15) is 0 Å². The van der Waals surface area contributed by atoms with Crippen LogP contribution in [-0.2, 0) is 19.1 Å². The third-order valence-electron chi connectivity index (χ3n) is 8.62. The molecule has 1 N–H and O–H groups in total. The summed E-state index contributed by atoms with van der Waals surface area (Å²) in [4.78, 5) is 43.0. The average molecular weight is 532 g/mol. The van der Waals surface area contributed by atoms with Gasteiger partial charge in [-0.3, -0.25) is 14.5 Å². The van der Waals surface area contributed by atoms with E-state index in [1.54, 1.807) is 19.2 Å². The number of carbonyl (C=O) groups excluding carboxylic acids is 3. The molecule has 0 spiro atoms. The van der Waals surface area contributed by atoms with Crippen molar-refractivity contribution in [2.45, 2.75) is 89.8 Å². The summed E-state index contributed by atoms with van der Waals surface area (Å²) in [6, 6.07) is 4.58. The fourth-order valence-electron chi connectivity index (χ4n) is 6.16. The van der Waals surface area contributed by atoms with Crippen LogP contribution in [0.25, 0.3) is 0 Å². The van der Waals surface area contributed by atoms with E-state index in [0.717, 1.165) is 31.2 Å². The van der Waals surface area contributed by atoms with Gasteiger partial charge in [-0.15, -0.1) is 0 Å². The molecule has 8 nitrogen and oxygen atoms in total. The predicted molar refractivity (Wildman–Crippen MR) is 142 cm³/mol. The number of hydrogen-bond acceptors (Lipinski definition) is 5. The maximum Gasteiger partial charge on any atom is 0.410 e. The van der Waals surface area contributed by atoms with Crippen LogP contribution in [0.1, 0.15) is 83.7 Å². The highest BCUT2D eigenvalue weighted by Gasteiger charge is 2.60. The van der Waals surface area contributed by atoms with Crippen molar-refractivity contribution >= 4 is 23.6 Å². The lowest BCUT2D eigenvalue weighted by atomic mass is 9.70. The first-order valence-electron chi connectivity index (χ1n) is 13.8. The maximum absolute atomic E-state index is 15.2. The summed E-state index contributed by atoms with van der Waals surface area (Å²) in [5.74, 6) is -0.231. The Kier molecular flexibility index (Phi) is 8.35. The van der Waals surface area contributed by atoms with Crippen molar-refractivity contribution in [1.82, 2.24) is 9.80 Å². The van der Waals surface area contributed by atoms with Crippen LogP contribution in [0.3, 0.4) is 0 Å². The molecule has 1 aromatic rings. The lowest BCUT2D eigenvalue weighted by Gasteiger charge is -2.45. The highest BCUT2D eigenvalue weighted by Crippen LogP contribution is 2.46. The van der Waals surface area contributed by atoms with Gasteiger partial charge in [-0.1, -0.05) is 39.7 Å². The van der Waals surface area contributed by atoms with Gasteiger partial charge in [0.15, 0.2) is 0 Å². The molecule has 1 aromatic carbocycles. The molecule has 2 aliphatic heterocycles. The second-order valence-corrected chi connectivity index (χ2v) is 12.0. The van der Waals surface area contributed by atoms with E-state index >= 15 is 4.39 Å². The Morgan fingerprint density at radius 1 is 1.21 bits per heavy atom. The average Bonchev–Trinajstić information content (AvgIpc) is 3.62. The van der Waals surface area contributed by atoms with Crippen LogP contribution in [0.5, 0.6) is 0 Å². The number of halogens is 1. The maximum atomic E-state index is 15.2. The second-order valence-electron chi connectivity index (χ2n) is 12.0. The van der Waals surface area contributed by atoms with Crippen LogP contribution in [-0.4, -0.2) is 66.7 Å². The number of benzene rings is 1. The summed E-state index contributed by atoms with van der Waals surface area (Å²) in [5, 5.41) is 2.82. The molecule has 3 amide bonds. The van der Waals surface area contributed by atoms with E-state index in [4.69, 9.17) is 9.47 Å². The summed E-state index contributed by atoms with van der Waals surface area (Å²) in [5.41, 5.74) is -1.17. The zero-order chi connectivity index (χ0) is 27.7. The Morgan fingerprint density at radius 2 is 1.95 bits per heavy atom. The van der Waals surface area contributed by atoms with Gasteiger partial charge in [0.1, 0.15) is 11.4 Å². The fraction of sp³-hybridized carbons (Fsp3) is 0.690. The highest BCUT2D eigenvalue weighted by molar-refractivity contribution is 6.01. The molecule has 3 atom stereocenters. The first-order valence-corrected chi connectivity index (χ1v) is 13.8. The Balaban J connectivity index is 1.66. The monoisotopic (exact) mass is 531 g/mol. The SMILES string of the molecule is COC(=O)N1C[C@H](OC)C[C@]1(C(=O)Nc1cc(C(CCC2CC2)N2CCCCC2=O)ccc1F)C(C)(C)C. The molecular weight excluding hydrogens is 489 g/mol. The Bertz CT molecular complexity index is 1050. The number of hydrogen-bond donors (Lipinski definition) is 1. The second kappa shape index (κ2) is 11.2. The third kappa shape index (κ3) is 5.53. The first-order chi connectivity index (χ1) is 18.0. The van der Waals surface area contributed by atoms with Gasteiger partial charge in [0.25, 0.3) is 5.91 Å². The Hall–Kier alpha value is -2.68. The quantitative estimate of drug-likeness (QED) is 0.493. The zero-order valence-corrected chi connectivity index (χ0v) is 23.3. The van der Waals surface area contributed by atoms with Crippen LogP contribution in [0.2, 0.25) is 0 Å². The fourth-order valence-corrected chi connectivity index (χ4v) is 6.16. The predicted octanol–water partition coefficient (Wildman–Crippen LogP) is 5.28. The molecule has 1 unspecified atom stereocenters. The largest absolute Gasteiger partial charge is 0.453 e. The van der Waals surface area contributed by atoms with E-state index in [2.05, 4.69) is 5.32 Å². The van der Waals surface area contributed by atoms with E-state index in [1.807, 2.05) is 25.7 Å². The van der Waals surface area contributed by atoms with E-state index in [-0.39, 0.29) is 36.7 Å². The van der Waals surface area contributed by atoms with Crippen LogP contribution >= 0.6 is 0 Å². The number of methoxy groups -OCH3 is 2. The lowest BCUT2D eigenvalue weighted by Crippen LogP contribution is -2.62. The third-order valence-corrected chi connectivity index (χ3v) is 8.62. The summed E-state index contributed by atoms with van der Waals surface area (Å²) in [7, 11) is 2.82. The van der Waals surface area contributed by atoms with E-state index in [9.17, 15) is 14.4 Å². The minimum atomic E-state index is -1.32. The number of likely N-dealkylation sites (tertiary alicyclic amines) is 2. The van der Waals surface area contributed by atoms with Crippen molar-refractivity contribution in [3.8, 4) is 0 Å². The standard InChI is InChI=1S/C29H42FN3O5/c1-28(2,3)29(17-21(37-4)18-33(29)27(36)38-5)26(35)31-23-16-20(12-13-22(23)30)24(14-11-19-9-10-19)32-15-7-6-8-25(32)34/h12-13,16,19,21,24H,6-11,14-15,17-18H2,1-5H3,(H,31,35)/t21-,24?,29+/m1/s1. The molecule has 1 aliphatic carbocycles. The lowest BCUT2D eigenvalue weighted by molar-refractivity contribution is -0.136. The molecule has 0 bridgehead atoms. The van der Waals surface area contributed by atoms with Crippen LogP contribution in [0, 0.1) is 17.2 Å². The summed E-state index contributed by atoms with van der Waals surface area (Å²) in [6.45, 7) is 6.51. The van der Waals surface area contributed by atoms with Crippen molar-refractivity contribution in [2.75, 3.05) is 32.6 Å². The van der Waals surface area contributed by atoms with Crippen molar-refractivity contribution in [3.05, 3.63) is 29.6 Å². The minimum Gasteiger partial charge on any atom is -0.453 e. The normalized spacial score (nSPS) is 24.9. The number of anilines is 1. The number of nitrogens with zero attached hydrogens (tertiary/aromatic N) is 2. The van der Waals surface area contributed by atoms with E-state index < -0.39 is 28.8 Å². The van der Waals surface area contributed by atoms with Gasteiger partial charge in [0, 0.05) is 26.5 Å². The number of ether oxygens (including phenoxy) is 2. The van der Waals surface area contributed by atoms with Gasteiger partial charge in [0.05, 0.1) is 31.5 Å². The Labute approximate surface area is 225 Å². The molecule has 0 radical (unpaired) electrons. The number of nitrogens with one attached hydrogen (secondary N) is 1. The number of amides is 3. The van der Waals surface area contributed by atoms with Gasteiger partial charge in [0.2, 0.25) is 5.91 Å². The van der Waals surface area contributed by atoms with Gasteiger partial charge < -0.3 is 19.7 Å². The van der Waals surface area contributed by atoms with E-state index in [1.165, 1.54) is 30.9 Å². The molecule has 2 heterocycles. The molecule has 2 saturated heterocycles. The topological polar surface area (TPSA) is 88.2 Å². The zero-order valence-electron chi connectivity index (χ0n) is 23.3. The van der Waals surface area contributed by atoms with Gasteiger partial charge in [-0.05, 0) is 54.7 Å². The number of rotatable bonds is 8. The summed E-state index contributed by atoms with van der Waals surface area (Å²) >= 11 is 0. The highest BCUT2D eigenvalue weighted by atomic mass is 19.1.